The Morgan fingerprint density at radius 1 is 1.14 bits per heavy atom. The Morgan fingerprint density at radius 2 is 1.71 bits per heavy atom. The second-order valence-electron chi connectivity index (χ2n) is 5.91. The van der Waals surface area contributed by atoms with Gasteiger partial charge in [0.15, 0.2) is 0 Å². The van der Waals surface area contributed by atoms with Gasteiger partial charge in [-0.05, 0) is 52.0 Å². The maximum atomic E-state index is 14.5. The summed E-state index contributed by atoms with van der Waals surface area (Å²) in [6, 6.07) is 2.44. The van der Waals surface area contributed by atoms with Crippen LogP contribution in [0.5, 0.6) is 0 Å². The lowest BCUT2D eigenvalue weighted by Gasteiger charge is -2.44. The molecule has 120 valence electrons. The molecular formula is C17H28F2N2. The molecule has 0 spiro atoms. The third-order valence-corrected chi connectivity index (χ3v) is 4.30. The molecule has 1 atom stereocenters. The number of benzene rings is 1. The first-order valence-electron chi connectivity index (χ1n) is 7.74. The summed E-state index contributed by atoms with van der Waals surface area (Å²) in [5.41, 5.74) is 0.230. The van der Waals surface area contributed by atoms with Gasteiger partial charge in [0.1, 0.15) is 11.6 Å². The third-order valence-electron chi connectivity index (χ3n) is 4.30. The molecule has 1 rings (SSSR count). The molecule has 0 heterocycles. The van der Waals surface area contributed by atoms with Gasteiger partial charge in [0.2, 0.25) is 0 Å². The minimum atomic E-state index is -0.482. The molecule has 0 amide bonds. The van der Waals surface area contributed by atoms with Crippen molar-refractivity contribution in [3.8, 4) is 0 Å². The van der Waals surface area contributed by atoms with E-state index in [-0.39, 0.29) is 5.56 Å². The molecule has 4 heteroatoms. The zero-order chi connectivity index (χ0) is 16.2. The number of hydrogen-bond acceptors (Lipinski definition) is 2. The van der Waals surface area contributed by atoms with Crippen LogP contribution in [0.15, 0.2) is 12.1 Å². The monoisotopic (exact) mass is 298 g/mol. The van der Waals surface area contributed by atoms with Gasteiger partial charge in [-0.3, -0.25) is 4.90 Å². The van der Waals surface area contributed by atoms with Crippen LogP contribution in [0.2, 0.25) is 0 Å². The van der Waals surface area contributed by atoms with Crippen molar-refractivity contribution in [2.45, 2.75) is 53.1 Å². The Kier molecular flexibility index (Phi) is 6.29. The van der Waals surface area contributed by atoms with E-state index in [9.17, 15) is 8.78 Å². The Bertz CT molecular complexity index is 468. The van der Waals surface area contributed by atoms with Gasteiger partial charge >= 0.3 is 0 Å². The highest BCUT2D eigenvalue weighted by atomic mass is 19.1. The van der Waals surface area contributed by atoms with Crippen molar-refractivity contribution in [3.63, 3.8) is 0 Å². The predicted molar refractivity (Wildman–Crippen MR) is 84.5 cm³/mol. The van der Waals surface area contributed by atoms with Crippen molar-refractivity contribution < 1.29 is 8.78 Å². The number of rotatable bonds is 7. The summed E-state index contributed by atoms with van der Waals surface area (Å²) in [5.74, 6) is -0.925. The van der Waals surface area contributed by atoms with Crippen LogP contribution in [0, 0.1) is 18.6 Å². The van der Waals surface area contributed by atoms with E-state index in [1.54, 1.807) is 6.92 Å². The molecule has 0 aliphatic rings. The molecule has 1 unspecified atom stereocenters. The lowest BCUT2D eigenvalue weighted by atomic mass is 9.85. The fourth-order valence-electron chi connectivity index (χ4n) is 3.07. The number of nitrogens with one attached hydrogen (secondary N) is 1. The summed E-state index contributed by atoms with van der Waals surface area (Å²) in [6.07, 6.45) is 0. The molecule has 0 bridgehead atoms. The predicted octanol–water partition coefficient (Wildman–Crippen LogP) is 4.04. The number of aryl methyl sites for hydroxylation is 1. The van der Waals surface area contributed by atoms with Crippen LogP contribution in [0.1, 0.15) is 51.8 Å². The highest BCUT2D eigenvalue weighted by molar-refractivity contribution is 5.31. The van der Waals surface area contributed by atoms with Gasteiger partial charge in [-0.2, -0.15) is 0 Å². The average Bonchev–Trinajstić information content (AvgIpc) is 2.43. The molecule has 1 N–H and O–H groups in total. The van der Waals surface area contributed by atoms with Gasteiger partial charge < -0.3 is 5.32 Å². The van der Waals surface area contributed by atoms with E-state index >= 15 is 0 Å². The highest BCUT2D eigenvalue weighted by Gasteiger charge is 2.37. The highest BCUT2D eigenvalue weighted by Crippen LogP contribution is 2.34. The number of likely N-dealkylation sites (N-methyl/N-ethyl adjacent to an activating group) is 2. The molecule has 0 fully saturated rings. The number of hydrogen-bond donors (Lipinski definition) is 1. The Labute approximate surface area is 127 Å². The molecule has 2 nitrogen and oxygen atoms in total. The van der Waals surface area contributed by atoms with Crippen LogP contribution in [0.25, 0.3) is 0 Å². The van der Waals surface area contributed by atoms with Gasteiger partial charge in [-0.15, -0.1) is 0 Å². The molecule has 1 aromatic carbocycles. The van der Waals surface area contributed by atoms with Gasteiger partial charge in [0, 0.05) is 11.1 Å². The molecule has 0 aliphatic carbocycles. The molecule has 1 aromatic rings. The summed E-state index contributed by atoms with van der Waals surface area (Å²) >= 11 is 0. The zero-order valence-electron chi connectivity index (χ0n) is 14.1. The average molecular weight is 298 g/mol. The van der Waals surface area contributed by atoms with E-state index in [0.717, 1.165) is 13.1 Å². The van der Waals surface area contributed by atoms with Crippen molar-refractivity contribution >= 4 is 0 Å². The molecular weight excluding hydrogens is 270 g/mol. The first-order valence-corrected chi connectivity index (χ1v) is 7.74. The molecule has 0 saturated heterocycles. The minimum Gasteiger partial charge on any atom is -0.309 e. The second kappa shape index (κ2) is 7.32. The lowest BCUT2D eigenvalue weighted by molar-refractivity contribution is 0.0886. The summed E-state index contributed by atoms with van der Waals surface area (Å²) in [5, 5.41) is 3.28. The molecule has 0 aromatic heterocycles. The van der Waals surface area contributed by atoms with Crippen LogP contribution in [0.4, 0.5) is 8.78 Å². The van der Waals surface area contributed by atoms with Gasteiger partial charge in [-0.25, -0.2) is 8.78 Å². The fraction of sp³-hybridized carbons (Fsp3) is 0.647. The maximum absolute atomic E-state index is 14.5. The van der Waals surface area contributed by atoms with E-state index in [2.05, 4.69) is 24.1 Å². The first kappa shape index (κ1) is 18.1. The molecule has 0 aliphatic heterocycles. The smallest absolute Gasteiger partial charge is 0.133 e. The quantitative estimate of drug-likeness (QED) is 0.817. The normalized spacial score (nSPS) is 13.8. The second-order valence-corrected chi connectivity index (χ2v) is 5.91. The van der Waals surface area contributed by atoms with Crippen molar-refractivity contribution in [2.75, 3.05) is 19.6 Å². The molecule has 21 heavy (non-hydrogen) atoms. The summed E-state index contributed by atoms with van der Waals surface area (Å²) < 4.78 is 28.8. The number of halogens is 2. The van der Waals surface area contributed by atoms with Crippen LogP contribution >= 0.6 is 0 Å². The van der Waals surface area contributed by atoms with E-state index in [1.807, 2.05) is 20.8 Å². The van der Waals surface area contributed by atoms with Crippen LogP contribution in [-0.4, -0.2) is 30.1 Å². The van der Waals surface area contributed by atoms with E-state index in [4.69, 9.17) is 0 Å². The standard InChI is InChI=1S/C17H28F2N2/c1-7-20-16(17(5,6)21(8-2)9-3)14-13(18)11-10-12(4)15(14)19/h10-11,16,20H,7-9H2,1-6H3. The minimum absolute atomic E-state index is 0.147. The van der Waals surface area contributed by atoms with Crippen molar-refractivity contribution in [1.82, 2.24) is 10.2 Å². The Balaban J connectivity index is 3.40. The van der Waals surface area contributed by atoms with Crippen molar-refractivity contribution in [2.24, 2.45) is 0 Å². The van der Waals surface area contributed by atoms with E-state index in [1.165, 1.54) is 12.1 Å². The van der Waals surface area contributed by atoms with Gasteiger partial charge in [0.25, 0.3) is 0 Å². The number of nitrogens with zero attached hydrogens (tertiary/aromatic N) is 1. The van der Waals surface area contributed by atoms with Crippen molar-refractivity contribution in [1.29, 1.82) is 0 Å². The van der Waals surface area contributed by atoms with Gasteiger partial charge in [0.05, 0.1) is 6.04 Å². The summed E-state index contributed by atoms with van der Waals surface area (Å²) in [7, 11) is 0. The molecule has 0 radical (unpaired) electrons. The SMILES string of the molecule is CCNC(c1c(F)ccc(C)c1F)C(C)(C)N(CC)CC. The zero-order valence-corrected chi connectivity index (χ0v) is 14.1. The topological polar surface area (TPSA) is 15.3 Å². The van der Waals surface area contributed by atoms with E-state index in [0.29, 0.717) is 12.1 Å². The molecule has 0 saturated carbocycles. The third kappa shape index (κ3) is 3.61. The van der Waals surface area contributed by atoms with Crippen molar-refractivity contribution in [3.05, 3.63) is 34.9 Å². The summed E-state index contributed by atoms with van der Waals surface area (Å²) in [4.78, 5) is 2.22. The first-order chi connectivity index (χ1) is 9.81. The lowest BCUT2D eigenvalue weighted by Crippen LogP contribution is -2.53. The van der Waals surface area contributed by atoms with Gasteiger partial charge in [-0.1, -0.05) is 26.8 Å². The fourth-order valence-corrected chi connectivity index (χ4v) is 3.07. The maximum Gasteiger partial charge on any atom is 0.133 e. The van der Waals surface area contributed by atoms with Crippen LogP contribution in [-0.2, 0) is 0 Å². The largest absolute Gasteiger partial charge is 0.309 e. The summed E-state index contributed by atoms with van der Waals surface area (Å²) in [6.45, 7) is 14.2. The Morgan fingerprint density at radius 3 is 2.19 bits per heavy atom. The van der Waals surface area contributed by atoms with Crippen LogP contribution in [0.3, 0.4) is 0 Å². The Hall–Kier alpha value is -1.00. The van der Waals surface area contributed by atoms with E-state index < -0.39 is 23.2 Å². The van der Waals surface area contributed by atoms with Crippen LogP contribution < -0.4 is 5.32 Å².